The van der Waals surface area contributed by atoms with Crippen LogP contribution in [0.2, 0.25) is 0 Å². The van der Waals surface area contributed by atoms with E-state index in [9.17, 15) is 9.59 Å². The fourth-order valence-electron chi connectivity index (χ4n) is 2.01. The van der Waals surface area contributed by atoms with Gasteiger partial charge in [-0.3, -0.25) is 9.59 Å². The average Bonchev–Trinajstić information content (AvgIpc) is 2.49. The van der Waals surface area contributed by atoms with Crippen LogP contribution in [0, 0.1) is 0 Å². The number of aryl methyl sites for hydroxylation is 1. The van der Waals surface area contributed by atoms with Crippen molar-refractivity contribution in [2.24, 2.45) is 0 Å². The lowest BCUT2D eigenvalue weighted by atomic mass is 10.2. The van der Waals surface area contributed by atoms with Crippen molar-refractivity contribution in [1.29, 1.82) is 0 Å². The Morgan fingerprint density at radius 2 is 2.14 bits per heavy atom. The molecule has 0 aliphatic carbocycles. The van der Waals surface area contributed by atoms with Crippen molar-refractivity contribution >= 4 is 16.8 Å². The minimum absolute atomic E-state index is 0.00569. The van der Waals surface area contributed by atoms with Gasteiger partial charge in [0, 0.05) is 19.0 Å². The van der Waals surface area contributed by atoms with Crippen LogP contribution >= 0.6 is 0 Å². The Labute approximate surface area is 123 Å². The van der Waals surface area contributed by atoms with Crippen LogP contribution in [0.4, 0.5) is 0 Å². The average molecular weight is 288 g/mol. The number of carbonyl (C=O) groups excluding carboxylic acids is 1. The largest absolute Gasteiger partial charge is 0.354 e. The molecule has 1 unspecified atom stereocenters. The molecule has 0 aliphatic rings. The van der Waals surface area contributed by atoms with E-state index >= 15 is 0 Å². The highest BCUT2D eigenvalue weighted by molar-refractivity contribution is 5.76. The Morgan fingerprint density at radius 3 is 2.90 bits per heavy atom. The molecule has 0 radical (unpaired) electrons. The summed E-state index contributed by atoms with van der Waals surface area (Å²) in [6, 6.07) is 7.29. The highest BCUT2D eigenvalue weighted by Crippen LogP contribution is 2.03. The van der Waals surface area contributed by atoms with Gasteiger partial charge in [0.25, 0.3) is 5.56 Å². The molecule has 1 aromatic carbocycles. The quantitative estimate of drug-likeness (QED) is 0.873. The standard InChI is InChI=1S/C15H20N4O2/c1-3-11(2)16-14(20)9-6-10-19-15(21)12-7-4-5-8-13(12)17-18-19/h4-5,7-8,11H,3,6,9-10H2,1-2H3,(H,16,20). The number of rotatable bonds is 6. The predicted molar refractivity (Wildman–Crippen MR) is 80.9 cm³/mol. The van der Waals surface area contributed by atoms with E-state index in [4.69, 9.17) is 0 Å². The monoisotopic (exact) mass is 288 g/mol. The van der Waals surface area contributed by atoms with Gasteiger partial charge in [0.05, 0.1) is 5.39 Å². The number of nitrogens with zero attached hydrogens (tertiary/aromatic N) is 3. The van der Waals surface area contributed by atoms with Crippen molar-refractivity contribution in [1.82, 2.24) is 20.3 Å². The van der Waals surface area contributed by atoms with Crippen LogP contribution in [-0.4, -0.2) is 26.9 Å². The first kappa shape index (κ1) is 15.2. The molecule has 0 saturated carbocycles. The van der Waals surface area contributed by atoms with Gasteiger partial charge < -0.3 is 5.32 Å². The van der Waals surface area contributed by atoms with Crippen LogP contribution in [0.5, 0.6) is 0 Å². The molecule has 1 atom stereocenters. The third kappa shape index (κ3) is 3.87. The van der Waals surface area contributed by atoms with Crippen molar-refractivity contribution in [2.45, 2.75) is 45.7 Å². The zero-order chi connectivity index (χ0) is 15.2. The fourth-order valence-corrected chi connectivity index (χ4v) is 2.01. The van der Waals surface area contributed by atoms with Gasteiger partial charge in [0.2, 0.25) is 5.91 Å². The number of carbonyl (C=O) groups is 1. The third-order valence-electron chi connectivity index (χ3n) is 3.42. The zero-order valence-corrected chi connectivity index (χ0v) is 12.4. The summed E-state index contributed by atoms with van der Waals surface area (Å²) >= 11 is 0. The molecule has 1 heterocycles. The number of aromatic nitrogens is 3. The van der Waals surface area contributed by atoms with E-state index in [0.29, 0.717) is 30.3 Å². The first-order chi connectivity index (χ1) is 10.1. The molecule has 2 rings (SSSR count). The molecule has 2 aromatic rings. The Hall–Kier alpha value is -2.24. The smallest absolute Gasteiger partial charge is 0.277 e. The SMILES string of the molecule is CCC(C)NC(=O)CCCn1nnc2ccccc2c1=O. The second-order valence-electron chi connectivity index (χ2n) is 5.12. The Kier molecular flexibility index (Phi) is 5.03. The first-order valence-corrected chi connectivity index (χ1v) is 7.23. The highest BCUT2D eigenvalue weighted by atomic mass is 16.1. The van der Waals surface area contributed by atoms with Crippen molar-refractivity contribution in [3.8, 4) is 0 Å². The van der Waals surface area contributed by atoms with Crippen LogP contribution in [0.15, 0.2) is 29.1 Å². The molecule has 6 heteroatoms. The second-order valence-corrected chi connectivity index (χ2v) is 5.12. The van der Waals surface area contributed by atoms with Gasteiger partial charge >= 0.3 is 0 Å². The van der Waals surface area contributed by atoms with Gasteiger partial charge in [-0.25, -0.2) is 4.68 Å². The van der Waals surface area contributed by atoms with E-state index in [1.165, 1.54) is 4.68 Å². The van der Waals surface area contributed by atoms with Crippen LogP contribution < -0.4 is 10.9 Å². The summed E-state index contributed by atoms with van der Waals surface area (Å²) in [5, 5.41) is 11.4. The van der Waals surface area contributed by atoms with Crippen LogP contribution in [0.1, 0.15) is 33.1 Å². The maximum atomic E-state index is 12.2. The maximum absolute atomic E-state index is 12.2. The first-order valence-electron chi connectivity index (χ1n) is 7.23. The summed E-state index contributed by atoms with van der Waals surface area (Å²) in [6.45, 7) is 4.39. The van der Waals surface area contributed by atoms with Crippen LogP contribution in [0.25, 0.3) is 10.9 Å². The number of hydrogen-bond donors (Lipinski definition) is 1. The second kappa shape index (κ2) is 6.97. The molecule has 0 saturated heterocycles. The lowest BCUT2D eigenvalue weighted by Crippen LogP contribution is -2.32. The van der Waals surface area contributed by atoms with Crippen LogP contribution in [0.3, 0.4) is 0 Å². The Bertz CT molecular complexity index is 681. The van der Waals surface area contributed by atoms with Crippen molar-refractivity contribution in [3.63, 3.8) is 0 Å². The van der Waals surface area contributed by atoms with Crippen LogP contribution in [-0.2, 0) is 11.3 Å². The molecule has 1 aromatic heterocycles. The minimum atomic E-state index is -0.164. The van der Waals surface area contributed by atoms with Gasteiger partial charge in [-0.1, -0.05) is 24.3 Å². The van der Waals surface area contributed by atoms with Gasteiger partial charge in [0.15, 0.2) is 0 Å². The van der Waals surface area contributed by atoms with E-state index < -0.39 is 0 Å². The van der Waals surface area contributed by atoms with E-state index in [0.717, 1.165) is 6.42 Å². The molecule has 112 valence electrons. The number of nitrogens with one attached hydrogen (secondary N) is 1. The molecule has 1 amide bonds. The fraction of sp³-hybridized carbons (Fsp3) is 0.467. The van der Waals surface area contributed by atoms with E-state index in [1.54, 1.807) is 18.2 Å². The molecule has 6 nitrogen and oxygen atoms in total. The third-order valence-corrected chi connectivity index (χ3v) is 3.42. The summed E-state index contributed by atoms with van der Waals surface area (Å²) < 4.78 is 1.32. The topological polar surface area (TPSA) is 76.9 Å². The molecule has 1 N–H and O–H groups in total. The molecule has 0 bridgehead atoms. The number of benzene rings is 1. The highest BCUT2D eigenvalue weighted by Gasteiger charge is 2.07. The van der Waals surface area contributed by atoms with E-state index in [2.05, 4.69) is 15.6 Å². The van der Waals surface area contributed by atoms with Gasteiger partial charge in [-0.15, -0.1) is 5.10 Å². The zero-order valence-electron chi connectivity index (χ0n) is 12.4. The van der Waals surface area contributed by atoms with Gasteiger partial charge in [-0.2, -0.15) is 0 Å². The number of amides is 1. The molecular weight excluding hydrogens is 268 g/mol. The van der Waals surface area contributed by atoms with Crippen molar-refractivity contribution in [3.05, 3.63) is 34.6 Å². The molecule has 0 aliphatic heterocycles. The lowest BCUT2D eigenvalue weighted by molar-refractivity contribution is -0.121. The van der Waals surface area contributed by atoms with Gasteiger partial charge in [0.1, 0.15) is 5.52 Å². The summed E-state index contributed by atoms with van der Waals surface area (Å²) in [4.78, 5) is 23.9. The summed E-state index contributed by atoms with van der Waals surface area (Å²) in [7, 11) is 0. The summed E-state index contributed by atoms with van der Waals surface area (Å²) in [6.07, 6.45) is 1.85. The molecule has 0 fully saturated rings. The molecule has 21 heavy (non-hydrogen) atoms. The Balaban J connectivity index is 1.97. The normalized spacial score (nSPS) is 12.3. The summed E-state index contributed by atoms with van der Waals surface area (Å²) in [5.41, 5.74) is 0.427. The van der Waals surface area contributed by atoms with Gasteiger partial charge in [-0.05, 0) is 31.9 Å². The van der Waals surface area contributed by atoms with Crippen molar-refractivity contribution < 1.29 is 4.79 Å². The van der Waals surface area contributed by atoms with E-state index in [1.807, 2.05) is 19.9 Å². The lowest BCUT2D eigenvalue weighted by Gasteiger charge is -2.11. The predicted octanol–water partition coefficient (Wildman–Crippen LogP) is 1.49. The number of hydrogen-bond acceptors (Lipinski definition) is 4. The number of fused-ring (bicyclic) bond motifs is 1. The molecule has 0 spiro atoms. The maximum Gasteiger partial charge on any atom is 0.277 e. The van der Waals surface area contributed by atoms with E-state index in [-0.39, 0.29) is 17.5 Å². The minimum Gasteiger partial charge on any atom is -0.354 e. The molecular formula is C15H20N4O2. The van der Waals surface area contributed by atoms with Crippen molar-refractivity contribution in [2.75, 3.05) is 0 Å². The summed E-state index contributed by atoms with van der Waals surface area (Å²) in [5.74, 6) is 0.00569. The Morgan fingerprint density at radius 1 is 1.38 bits per heavy atom.